The molecule has 0 aliphatic heterocycles. The summed E-state index contributed by atoms with van der Waals surface area (Å²) in [7, 11) is 0. The summed E-state index contributed by atoms with van der Waals surface area (Å²) in [4.78, 5) is 21.3. The van der Waals surface area contributed by atoms with Gasteiger partial charge in [0.05, 0.1) is 11.1 Å². The number of nitro benzene ring substituents is 1. The Balaban J connectivity index is 2.47. The minimum absolute atomic E-state index is 0.0852. The molecule has 8 nitrogen and oxygen atoms in total. The van der Waals surface area contributed by atoms with Crippen molar-refractivity contribution in [2.75, 3.05) is 0 Å². The van der Waals surface area contributed by atoms with Crippen molar-refractivity contribution in [1.82, 2.24) is 10.2 Å². The molecule has 0 bridgehead atoms. The number of nitro groups is 1. The molecule has 0 saturated carbocycles. The number of hydrogen-bond donors (Lipinski definition) is 1. The molecule has 0 amide bonds. The van der Waals surface area contributed by atoms with Gasteiger partial charge in [-0.1, -0.05) is 6.07 Å². The first-order valence-corrected chi connectivity index (χ1v) is 5.47. The number of carboxylic acids is 1. The third-order valence-corrected chi connectivity index (χ3v) is 2.44. The molecule has 8 heteroatoms. The van der Waals surface area contributed by atoms with Crippen LogP contribution in [-0.4, -0.2) is 26.2 Å². The van der Waals surface area contributed by atoms with Gasteiger partial charge in [-0.3, -0.25) is 10.1 Å². The van der Waals surface area contributed by atoms with Gasteiger partial charge in [0.1, 0.15) is 5.56 Å². The predicted octanol–water partition coefficient (Wildman–Crippen LogP) is 2.18. The second-order valence-corrected chi connectivity index (χ2v) is 3.89. The van der Waals surface area contributed by atoms with Crippen molar-refractivity contribution in [3.8, 4) is 11.6 Å². The number of rotatable bonds is 4. The molecule has 0 saturated heterocycles. The number of ether oxygens (including phenoxy) is 1. The Bertz CT molecular complexity index is 687. The van der Waals surface area contributed by atoms with Gasteiger partial charge >= 0.3 is 11.7 Å². The van der Waals surface area contributed by atoms with Crippen molar-refractivity contribution < 1.29 is 19.6 Å². The Morgan fingerprint density at radius 3 is 2.80 bits per heavy atom. The minimum Gasteiger partial charge on any atom is -0.477 e. The number of aryl methyl sites for hydroxylation is 1. The molecule has 20 heavy (non-hydrogen) atoms. The first-order chi connectivity index (χ1) is 9.49. The molecule has 0 fully saturated rings. The highest BCUT2D eigenvalue weighted by atomic mass is 16.6. The van der Waals surface area contributed by atoms with Crippen LogP contribution in [-0.2, 0) is 0 Å². The van der Waals surface area contributed by atoms with E-state index in [9.17, 15) is 14.9 Å². The third kappa shape index (κ3) is 2.69. The van der Waals surface area contributed by atoms with Crippen LogP contribution in [0.25, 0.3) is 0 Å². The van der Waals surface area contributed by atoms with Crippen LogP contribution in [0, 0.1) is 17.0 Å². The van der Waals surface area contributed by atoms with E-state index in [0.717, 1.165) is 5.56 Å². The van der Waals surface area contributed by atoms with Crippen LogP contribution in [0.3, 0.4) is 0 Å². The molecule has 1 aromatic carbocycles. The van der Waals surface area contributed by atoms with Crippen LogP contribution in [0.5, 0.6) is 11.6 Å². The summed E-state index contributed by atoms with van der Waals surface area (Å²) in [6.07, 6.45) is 1.20. The summed E-state index contributed by atoms with van der Waals surface area (Å²) in [5.41, 5.74) is 0.222. The Kier molecular flexibility index (Phi) is 3.56. The fourth-order valence-corrected chi connectivity index (χ4v) is 1.52. The number of hydrogen-bond acceptors (Lipinski definition) is 6. The van der Waals surface area contributed by atoms with E-state index < -0.39 is 10.9 Å². The molecule has 1 N–H and O–H groups in total. The first kappa shape index (κ1) is 13.4. The van der Waals surface area contributed by atoms with Gasteiger partial charge in [0.25, 0.3) is 5.88 Å². The number of aromatic nitrogens is 2. The van der Waals surface area contributed by atoms with Gasteiger partial charge in [-0.2, -0.15) is 5.10 Å². The van der Waals surface area contributed by atoms with E-state index in [4.69, 9.17) is 9.84 Å². The molecule has 1 heterocycles. The zero-order chi connectivity index (χ0) is 14.7. The maximum absolute atomic E-state index is 11.0. The topological polar surface area (TPSA) is 115 Å². The Morgan fingerprint density at radius 1 is 1.40 bits per heavy atom. The van der Waals surface area contributed by atoms with E-state index in [1.807, 2.05) is 0 Å². The number of carbonyl (C=O) groups is 1. The van der Waals surface area contributed by atoms with Gasteiger partial charge in [0, 0.05) is 6.07 Å². The van der Waals surface area contributed by atoms with Gasteiger partial charge < -0.3 is 9.84 Å². The maximum Gasteiger partial charge on any atom is 0.341 e. The third-order valence-electron chi connectivity index (χ3n) is 2.44. The van der Waals surface area contributed by atoms with Crippen molar-refractivity contribution in [3.63, 3.8) is 0 Å². The van der Waals surface area contributed by atoms with Crippen LogP contribution in [0.2, 0.25) is 0 Å². The largest absolute Gasteiger partial charge is 0.477 e. The lowest BCUT2D eigenvalue weighted by Crippen LogP contribution is -2.04. The second kappa shape index (κ2) is 5.31. The van der Waals surface area contributed by atoms with Crippen LogP contribution in [0.15, 0.2) is 30.5 Å². The van der Waals surface area contributed by atoms with E-state index in [-0.39, 0.29) is 22.9 Å². The van der Waals surface area contributed by atoms with Crippen molar-refractivity contribution >= 4 is 11.7 Å². The molecule has 0 atom stereocenters. The molecule has 2 aromatic rings. The average Bonchev–Trinajstić information content (AvgIpc) is 2.38. The molecule has 1 aromatic heterocycles. The van der Waals surface area contributed by atoms with Crippen LogP contribution < -0.4 is 4.74 Å². The lowest BCUT2D eigenvalue weighted by molar-refractivity contribution is -0.385. The number of aromatic carboxylic acids is 1. The highest BCUT2D eigenvalue weighted by Crippen LogP contribution is 2.32. The first-order valence-electron chi connectivity index (χ1n) is 5.47. The summed E-state index contributed by atoms with van der Waals surface area (Å²) in [5, 5.41) is 27.0. The van der Waals surface area contributed by atoms with Crippen molar-refractivity contribution in [1.29, 1.82) is 0 Å². The van der Waals surface area contributed by atoms with Crippen molar-refractivity contribution in [2.24, 2.45) is 0 Å². The fraction of sp³-hybridized carbons (Fsp3) is 0.0833. The van der Waals surface area contributed by atoms with Gasteiger partial charge in [0.15, 0.2) is 0 Å². The Labute approximate surface area is 112 Å². The monoisotopic (exact) mass is 275 g/mol. The quantitative estimate of drug-likeness (QED) is 0.671. The normalized spacial score (nSPS) is 10.1. The van der Waals surface area contributed by atoms with Gasteiger partial charge in [-0.15, -0.1) is 5.10 Å². The van der Waals surface area contributed by atoms with Gasteiger partial charge in [-0.05, 0) is 24.6 Å². The predicted molar refractivity (Wildman–Crippen MR) is 66.9 cm³/mol. The SMILES string of the molecule is Cc1ccc([N+](=O)[O-])c(Oc2nnccc2C(=O)O)c1. The number of nitrogens with zero attached hydrogens (tertiary/aromatic N) is 3. The molecule has 102 valence electrons. The van der Waals surface area contributed by atoms with E-state index in [1.54, 1.807) is 13.0 Å². The molecule has 0 spiro atoms. The second-order valence-electron chi connectivity index (χ2n) is 3.89. The standard InChI is InChI=1S/C12H9N3O5/c1-7-2-3-9(15(18)19)10(6-7)20-11-8(12(16)17)4-5-13-14-11/h2-6H,1H3,(H,16,17). The van der Waals surface area contributed by atoms with Crippen LogP contribution in [0.4, 0.5) is 5.69 Å². The van der Waals surface area contributed by atoms with Crippen molar-refractivity contribution in [3.05, 3.63) is 51.7 Å². The highest BCUT2D eigenvalue weighted by molar-refractivity contribution is 5.90. The van der Waals surface area contributed by atoms with Crippen LogP contribution >= 0.6 is 0 Å². The van der Waals surface area contributed by atoms with Gasteiger partial charge in [0.2, 0.25) is 5.75 Å². The molecule has 2 rings (SSSR count). The van der Waals surface area contributed by atoms with E-state index >= 15 is 0 Å². The van der Waals surface area contributed by atoms with Crippen LogP contribution in [0.1, 0.15) is 15.9 Å². The average molecular weight is 275 g/mol. The Hall–Kier alpha value is -3.03. The molecule has 0 radical (unpaired) electrons. The molecular formula is C12H9N3O5. The highest BCUT2D eigenvalue weighted by Gasteiger charge is 2.20. The summed E-state index contributed by atoms with van der Waals surface area (Å²) in [6.45, 7) is 1.73. The number of carboxylic acid groups (broad SMARTS) is 1. The lowest BCUT2D eigenvalue weighted by atomic mass is 10.2. The van der Waals surface area contributed by atoms with E-state index in [1.165, 1.54) is 24.4 Å². The summed E-state index contributed by atoms with van der Waals surface area (Å²) < 4.78 is 5.25. The minimum atomic E-state index is -1.26. The van der Waals surface area contributed by atoms with Gasteiger partial charge in [-0.25, -0.2) is 4.79 Å². The van der Waals surface area contributed by atoms with Crippen molar-refractivity contribution in [2.45, 2.75) is 6.92 Å². The Morgan fingerprint density at radius 2 is 2.15 bits per heavy atom. The molecule has 0 aliphatic rings. The lowest BCUT2D eigenvalue weighted by Gasteiger charge is -2.07. The van der Waals surface area contributed by atoms with E-state index in [0.29, 0.717) is 0 Å². The van der Waals surface area contributed by atoms with E-state index in [2.05, 4.69) is 10.2 Å². The number of benzene rings is 1. The maximum atomic E-state index is 11.0. The smallest absolute Gasteiger partial charge is 0.341 e. The summed E-state index contributed by atoms with van der Waals surface area (Å²) >= 11 is 0. The molecular weight excluding hydrogens is 266 g/mol. The summed E-state index contributed by atoms with van der Waals surface area (Å²) in [5.74, 6) is -1.64. The summed E-state index contributed by atoms with van der Waals surface area (Å²) in [6, 6.07) is 5.46. The zero-order valence-corrected chi connectivity index (χ0v) is 10.3. The fourth-order valence-electron chi connectivity index (χ4n) is 1.52. The molecule has 0 unspecified atom stereocenters. The molecule has 0 aliphatic carbocycles. The zero-order valence-electron chi connectivity index (χ0n) is 10.3.